The number of halogens is 3. The molecule has 0 radical (unpaired) electrons. The first kappa shape index (κ1) is 20.7. The Bertz CT molecular complexity index is 1080. The molecule has 2 amide bonds. The largest absolute Gasteiger partial charge is 0.508 e. The van der Waals surface area contributed by atoms with Crippen LogP contribution in [0.1, 0.15) is 41.4 Å². The van der Waals surface area contributed by atoms with Gasteiger partial charge in [-0.1, -0.05) is 6.07 Å². The number of aromatic hydroxyl groups is 1. The molecular formula is C21H20F3N5O2. The molecular weight excluding hydrogens is 411 g/mol. The molecule has 1 atom stereocenters. The van der Waals surface area contributed by atoms with E-state index in [1.807, 2.05) is 6.07 Å². The van der Waals surface area contributed by atoms with Crippen molar-refractivity contribution in [3.63, 3.8) is 0 Å². The van der Waals surface area contributed by atoms with E-state index in [9.17, 15) is 23.1 Å². The number of aromatic nitrogens is 3. The van der Waals surface area contributed by atoms with Gasteiger partial charge in [0.2, 0.25) is 0 Å². The number of carbonyl (C=O) groups is 1. The van der Waals surface area contributed by atoms with Crippen molar-refractivity contribution in [2.75, 3.05) is 0 Å². The molecule has 0 saturated carbocycles. The molecule has 10 heteroatoms. The first-order valence-corrected chi connectivity index (χ1v) is 9.74. The van der Waals surface area contributed by atoms with Crippen LogP contribution in [0.5, 0.6) is 5.75 Å². The van der Waals surface area contributed by atoms with Gasteiger partial charge < -0.3 is 15.7 Å². The van der Waals surface area contributed by atoms with Crippen molar-refractivity contribution >= 4 is 6.03 Å². The Morgan fingerprint density at radius 1 is 1.26 bits per heavy atom. The highest BCUT2D eigenvalue weighted by atomic mass is 19.4. The van der Waals surface area contributed by atoms with E-state index >= 15 is 0 Å². The molecule has 1 aromatic carbocycles. The molecule has 7 nitrogen and oxygen atoms in total. The zero-order valence-electron chi connectivity index (χ0n) is 16.4. The smallest absolute Gasteiger partial charge is 0.435 e. The normalized spacial score (nSPS) is 15.9. The maximum Gasteiger partial charge on any atom is 0.435 e. The van der Waals surface area contributed by atoms with Crippen LogP contribution in [0.25, 0.3) is 5.69 Å². The Hall–Kier alpha value is -3.56. The van der Waals surface area contributed by atoms with E-state index in [4.69, 9.17) is 0 Å². The van der Waals surface area contributed by atoms with E-state index in [1.54, 1.807) is 24.3 Å². The number of amides is 2. The fraction of sp³-hybridized carbons (Fsp3) is 0.286. The SMILES string of the molecule is O=C(NCc1cc(C(F)(F)F)nn1-c1cccnc1)NC1CCCc2ccc(O)cc21. The molecule has 3 aromatic rings. The highest BCUT2D eigenvalue weighted by Crippen LogP contribution is 2.32. The van der Waals surface area contributed by atoms with Crippen molar-refractivity contribution in [3.8, 4) is 11.4 Å². The van der Waals surface area contributed by atoms with Crippen LogP contribution in [-0.2, 0) is 19.1 Å². The third kappa shape index (κ3) is 4.62. The number of nitrogens with one attached hydrogen (secondary N) is 2. The van der Waals surface area contributed by atoms with Crippen LogP contribution in [0, 0.1) is 0 Å². The molecule has 0 fully saturated rings. The first-order valence-electron chi connectivity index (χ1n) is 9.74. The number of fused-ring (bicyclic) bond motifs is 1. The van der Waals surface area contributed by atoms with E-state index in [1.165, 1.54) is 12.4 Å². The highest BCUT2D eigenvalue weighted by molar-refractivity contribution is 5.74. The lowest BCUT2D eigenvalue weighted by atomic mass is 9.87. The van der Waals surface area contributed by atoms with Crippen molar-refractivity contribution in [3.05, 3.63) is 71.3 Å². The van der Waals surface area contributed by atoms with E-state index in [-0.39, 0.29) is 24.0 Å². The molecule has 162 valence electrons. The summed E-state index contributed by atoms with van der Waals surface area (Å²) in [6.45, 7) is -0.163. The predicted molar refractivity (Wildman–Crippen MR) is 106 cm³/mol. The summed E-state index contributed by atoms with van der Waals surface area (Å²) < 4.78 is 40.6. The van der Waals surface area contributed by atoms with Gasteiger partial charge in [-0.2, -0.15) is 18.3 Å². The van der Waals surface area contributed by atoms with Gasteiger partial charge in [0.25, 0.3) is 0 Å². The summed E-state index contributed by atoms with van der Waals surface area (Å²) in [6, 6.07) is 8.34. The standard InChI is InChI=1S/C21H20F3N5O2/c22-21(23,24)19-9-15(29(28-19)14-4-2-8-25-11-14)12-26-20(31)27-18-5-1-3-13-6-7-16(30)10-17(13)18/h2,4,6-11,18,30H,1,3,5,12H2,(H2,26,27,31). The number of pyridine rings is 1. The zero-order valence-corrected chi connectivity index (χ0v) is 16.4. The van der Waals surface area contributed by atoms with Gasteiger partial charge in [-0.05, 0) is 60.7 Å². The summed E-state index contributed by atoms with van der Waals surface area (Å²) in [6.07, 6.45) is 0.727. The van der Waals surface area contributed by atoms with Gasteiger partial charge in [0, 0.05) is 6.20 Å². The van der Waals surface area contributed by atoms with Crippen molar-refractivity contribution in [2.45, 2.75) is 38.0 Å². The zero-order chi connectivity index (χ0) is 22.0. The third-order valence-electron chi connectivity index (χ3n) is 5.14. The number of benzene rings is 1. The number of aryl methyl sites for hydroxylation is 1. The third-order valence-corrected chi connectivity index (χ3v) is 5.14. The molecule has 2 heterocycles. The second kappa shape index (κ2) is 8.29. The summed E-state index contributed by atoms with van der Waals surface area (Å²) >= 11 is 0. The second-order valence-electron chi connectivity index (χ2n) is 7.30. The average molecular weight is 431 g/mol. The average Bonchev–Trinajstić information content (AvgIpc) is 3.18. The Balaban J connectivity index is 1.49. The minimum atomic E-state index is -4.61. The number of hydrogen-bond acceptors (Lipinski definition) is 4. The Kier molecular flexibility index (Phi) is 5.53. The number of alkyl halides is 3. The summed E-state index contributed by atoms with van der Waals surface area (Å²) in [4.78, 5) is 16.4. The number of phenolic OH excluding ortho intramolecular Hbond substituents is 1. The molecule has 1 aliphatic rings. The molecule has 2 aromatic heterocycles. The van der Waals surface area contributed by atoms with Gasteiger partial charge in [-0.15, -0.1) is 0 Å². The minimum Gasteiger partial charge on any atom is -0.508 e. The lowest BCUT2D eigenvalue weighted by molar-refractivity contribution is -0.141. The van der Waals surface area contributed by atoms with E-state index in [0.717, 1.165) is 34.7 Å². The summed E-state index contributed by atoms with van der Waals surface area (Å²) in [7, 11) is 0. The molecule has 3 N–H and O–H groups in total. The Labute approximate surface area is 175 Å². The second-order valence-corrected chi connectivity index (χ2v) is 7.30. The Morgan fingerprint density at radius 3 is 2.84 bits per heavy atom. The molecule has 31 heavy (non-hydrogen) atoms. The van der Waals surface area contributed by atoms with Crippen molar-refractivity contribution < 1.29 is 23.1 Å². The van der Waals surface area contributed by atoms with Gasteiger partial charge in [-0.3, -0.25) is 4.98 Å². The van der Waals surface area contributed by atoms with Crippen molar-refractivity contribution in [1.29, 1.82) is 0 Å². The van der Waals surface area contributed by atoms with Crippen LogP contribution < -0.4 is 10.6 Å². The molecule has 0 bridgehead atoms. The molecule has 1 unspecified atom stereocenters. The molecule has 1 aliphatic carbocycles. The summed E-state index contributed by atoms with van der Waals surface area (Å²) in [5, 5.41) is 18.8. The maximum absolute atomic E-state index is 13.2. The van der Waals surface area contributed by atoms with Crippen molar-refractivity contribution in [2.24, 2.45) is 0 Å². The highest BCUT2D eigenvalue weighted by Gasteiger charge is 2.35. The maximum atomic E-state index is 13.2. The molecule has 0 spiro atoms. The number of nitrogens with zero attached hydrogens (tertiary/aromatic N) is 3. The molecule has 0 aliphatic heterocycles. The quantitative estimate of drug-likeness (QED) is 0.585. The number of urea groups is 1. The Morgan fingerprint density at radius 2 is 2.10 bits per heavy atom. The van der Waals surface area contributed by atoms with Gasteiger partial charge in [0.1, 0.15) is 5.75 Å². The topological polar surface area (TPSA) is 92.1 Å². The van der Waals surface area contributed by atoms with Gasteiger partial charge in [0.15, 0.2) is 5.69 Å². The molecule has 0 saturated heterocycles. The van der Waals surface area contributed by atoms with E-state index in [0.29, 0.717) is 12.1 Å². The summed E-state index contributed by atoms with van der Waals surface area (Å²) in [5.41, 5.74) is 1.37. The van der Waals surface area contributed by atoms with Crippen molar-refractivity contribution in [1.82, 2.24) is 25.4 Å². The van der Waals surface area contributed by atoms with Crippen LogP contribution in [0.3, 0.4) is 0 Å². The predicted octanol–water partition coefficient (Wildman–Crippen LogP) is 3.87. The number of hydrogen-bond donors (Lipinski definition) is 3. The first-order chi connectivity index (χ1) is 14.8. The fourth-order valence-corrected chi connectivity index (χ4v) is 3.70. The van der Waals surface area contributed by atoms with Crippen LogP contribution >= 0.6 is 0 Å². The van der Waals surface area contributed by atoms with Crippen LogP contribution in [0.15, 0.2) is 48.8 Å². The van der Waals surface area contributed by atoms with Gasteiger partial charge >= 0.3 is 12.2 Å². The van der Waals surface area contributed by atoms with Crippen LogP contribution in [-0.4, -0.2) is 25.9 Å². The van der Waals surface area contributed by atoms with Gasteiger partial charge in [0.05, 0.1) is 30.2 Å². The minimum absolute atomic E-state index is 0.118. The summed E-state index contributed by atoms with van der Waals surface area (Å²) in [5.74, 6) is 0.118. The fourth-order valence-electron chi connectivity index (χ4n) is 3.70. The molecule has 4 rings (SSSR count). The monoisotopic (exact) mass is 431 g/mol. The number of carbonyl (C=O) groups excluding carboxylic acids is 1. The van der Waals surface area contributed by atoms with Crippen LogP contribution in [0.4, 0.5) is 18.0 Å². The van der Waals surface area contributed by atoms with E-state index < -0.39 is 17.9 Å². The number of rotatable bonds is 4. The lowest BCUT2D eigenvalue weighted by Gasteiger charge is -2.26. The van der Waals surface area contributed by atoms with Gasteiger partial charge in [-0.25, -0.2) is 9.48 Å². The van der Waals surface area contributed by atoms with E-state index in [2.05, 4.69) is 20.7 Å². The number of phenols is 1. The lowest BCUT2D eigenvalue weighted by Crippen LogP contribution is -2.39. The van der Waals surface area contributed by atoms with Crippen LogP contribution in [0.2, 0.25) is 0 Å².